The summed E-state index contributed by atoms with van der Waals surface area (Å²) in [6.07, 6.45) is 2.73. The Labute approximate surface area is 108 Å². The Hall–Kier alpha value is -1.45. The monoisotopic (exact) mass is 244 g/mol. The van der Waals surface area contributed by atoms with E-state index in [1.807, 2.05) is 37.4 Å². The zero-order valence-corrected chi connectivity index (χ0v) is 11.0. The number of pyridine rings is 1. The van der Waals surface area contributed by atoms with Gasteiger partial charge in [-0.05, 0) is 31.0 Å². The van der Waals surface area contributed by atoms with Crippen LogP contribution in [-0.4, -0.2) is 17.1 Å². The number of para-hydroxylation sites is 1. The lowest BCUT2D eigenvalue weighted by Crippen LogP contribution is -2.40. The van der Waals surface area contributed by atoms with Crippen molar-refractivity contribution in [2.45, 2.75) is 32.4 Å². The highest BCUT2D eigenvalue weighted by atomic mass is 16.5. The van der Waals surface area contributed by atoms with Crippen LogP contribution in [0.2, 0.25) is 0 Å². The van der Waals surface area contributed by atoms with Crippen LogP contribution in [0.15, 0.2) is 36.5 Å². The van der Waals surface area contributed by atoms with Crippen LogP contribution in [-0.2, 0) is 11.3 Å². The molecule has 2 N–H and O–H groups in total. The van der Waals surface area contributed by atoms with E-state index in [1.54, 1.807) is 0 Å². The molecule has 0 bridgehead atoms. The molecule has 0 aliphatic heterocycles. The first kappa shape index (κ1) is 13.0. The number of benzene rings is 1. The van der Waals surface area contributed by atoms with E-state index in [0.29, 0.717) is 13.2 Å². The Balaban J connectivity index is 2.08. The zero-order valence-electron chi connectivity index (χ0n) is 11.0. The number of hydrogen-bond donors (Lipinski definition) is 1. The normalized spacial score (nSPS) is 14.6. The van der Waals surface area contributed by atoms with Gasteiger partial charge in [0.25, 0.3) is 0 Å². The van der Waals surface area contributed by atoms with E-state index in [-0.39, 0.29) is 5.54 Å². The fourth-order valence-electron chi connectivity index (χ4n) is 1.78. The van der Waals surface area contributed by atoms with Crippen LogP contribution >= 0.6 is 0 Å². The van der Waals surface area contributed by atoms with Crippen molar-refractivity contribution in [2.24, 2.45) is 5.73 Å². The van der Waals surface area contributed by atoms with E-state index < -0.39 is 0 Å². The number of rotatable bonds is 5. The SMILES string of the molecule is CCC(C)(N)COCc1ccnc2ccccc12. The van der Waals surface area contributed by atoms with Crippen LogP contribution in [0.4, 0.5) is 0 Å². The molecule has 0 spiro atoms. The lowest BCUT2D eigenvalue weighted by atomic mass is 10.0. The molecule has 3 heteroatoms. The van der Waals surface area contributed by atoms with E-state index in [9.17, 15) is 0 Å². The van der Waals surface area contributed by atoms with Gasteiger partial charge in [0, 0.05) is 17.1 Å². The van der Waals surface area contributed by atoms with Crippen molar-refractivity contribution in [1.82, 2.24) is 4.98 Å². The van der Waals surface area contributed by atoms with Gasteiger partial charge in [-0.3, -0.25) is 4.98 Å². The molecule has 0 aliphatic carbocycles. The Morgan fingerprint density at radius 2 is 2.06 bits per heavy atom. The summed E-state index contributed by atoms with van der Waals surface area (Å²) in [7, 11) is 0. The Kier molecular flexibility index (Phi) is 3.94. The first-order chi connectivity index (χ1) is 8.62. The van der Waals surface area contributed by atoms with E-state index >= 15 is 0 Å². The van der Waals surface area contributed by atoms with E-state index in [0.717, 1.165) is 22.9 Å². The second-order valence-corrected chi connectivity index (χ2v) is 4.99. The molecule has 1 aromatic heterocycles. The highest BCUT2D eigenvalue weighted by molar-refractivity contribution is 5.81. The summed E-state index contributed by atoms with van der Waals surface area (Å²) in [6.45, 7) is 5.23. The van der Waals surface area contributed by atoms with Crippen molar-refractivity contribution < 1.29 is 4.74 Å². The first-order valence-corrected chi connectivity index (χ1v) is 6.31. The van der Waals surface area contributed by atoms with Gasteiger partial charge in [0.15, 0.2) is 0 Å². The number of fused-ring (bicyclic) bond motifs is 1. The van der Waals surface area contributed by atoms with E-state index in [4.69, 9.17) is 10.5 Å². The fourth-order valence-corrected chi connectivity index (χ4v) is 1.78. The highest BCUT2D eigenvalue weighted by Crippen LogP contribution is 2.17. The van der Waals surface area contributed by atoms with Crippen LogP contribution < -0.4 is 5.73 Å². The molecule has 1 aromatic carbocycles. The smallest absolute Gasteiger partial charge is 0.0724 e. The summed E-state index contributed by atoms with van der Waals surface area (Å²) < 4.78 is 5.73. The molecule has 1 unspecified atom stereocenters. The second-order valence-electron chi connectivity index (χ2n) is 4.99. The molecule has 0 saturated heterocycles. The van der Waals surface area contributed by atoms with Crippen molar-refractivity contribution in [2.75, 3.05) is 6.61 Å². The predicted molar refractivity (Wildman–Crippen MR) is 74.3 cm³/mol. The average molecular weight is 244 g/mol. The standard InChI is InChI=1S/C15H20N2O/c1-3-15(2,16)11-18-10-12-8-9-17-14-7-5-4-6-13(12)14/h4-9H,3,10-11,16H2,1-2H3. The van der Waals surface area contributed by atoms with Crippen LogP contribution in [0.1, 0.15) is 25.8 Å². The predicted octanol–water partition coefficient (Wildman–Crippen LogP) is 2.88. The minimum atomic E-state index is -0.247. The van der Waals surface area contributed by atoms with Gasteiger partial charge in [0.1, 0.15) is 0 Å². The minimum Gasteiger partial charge on any atom is -0.375 e. The summed E-state index contributed by atoms with van der Waals surface area (Å²) in [5.74, 6) is 0. The van der Waals surface area contributed by atoms with Gasteiger partial charge in [-0.2, -0.15) is 0 Å². The number of hydrogen-bond acceptors (Lipinski definition) is 3. The molecule has 0 fully saturated rings. The zero-order chi connectivity index (χ0) is 13.0. The van der Waals surface area contributed by atoms with E-state index in [1.165, 1.54) is 0 Å². The summed E-state index contributed by atoms with van der Waals surface area (Å²) in [5.41, 5.74) is 7.97. The Morgan fingerprint density at radius 1 is 1.28 bits per heavy atom. The van der Waals surface area contributed by atoms with Gasteiger partial charge in [-0.25, -0.2) is 0 Å². The van der Waals surface area contributed by atoms with Crippen molar-refractivity contribution in [3.05, 3.63) is 42.1 Å². The molecule has 1 atom stereocenters. The summed E-state index contributed by atoms with van der Waals surface area (Å²) in [6, 6.07) is 10.1. The molecule has 0 amide bonds. The summed E-state index contributed by atoms with van der Waals surface area (Å²) >= 11 is 0. The third-order valence-corrected chi connectivity index (χ3v) is 3.24. The molecular weight excluding hydrogens is 224 g/mol. The molecule has 96 valence electrons. The van der Waals surface area contributed by atoms with Crippen molar-refractivity contribution in [1.29, 1.82) is 0 Å². The van der Waals surface area contributed by atoms with Crippen molar-refractivity contribution >= 4 is 10.9 Å². The Bertz CT molecular complexity index is 517. The van der Waals surface area contributed by atoms with Crippen LogP contribution in [0.5, 0.6) is 0 Å². The second kappa shape index (κ2) is 5.46. The van der Waals surface area contributed by atoms with Crippen LogP contribution in [0.25, 0.3) is 10.9 Å². The van der Waals surface area contributed by atoms with Gasteiger partial charge in [-0.1, -0.05) is 25.1 Å². The molecule has 2 aromatic rings. The quantitative estimate of drug-likeness (QED) is 0.879. The van der Waals surface area contributed by atoms with E-state index in [2.05, 4.69) is 18.0 Å². The Morgan fingerprint density at radius 3 is 2.83 bits per heavy atom. The van der Waals surface area contributed by atoms with Crippen molar-refractivity contribution in [3.8, 4) is 0 Å². The van der Waals surface area contributed by atoms with Gasteiger partial charge >= 0.3 is 0 Å². The molecular formula is C15H20N2O. The maximum absolute atomic E-state index is 6.06. The van der Waals surface area contributed by atoms with Crippen LogP contribution in [0.3, 0.4) is 0 Å². The molecule has 0 saturated carbocycles. The number of ether oxygens (including phenoxy) is 1. The number of aromatic nitrogens is 1. The van der Waals surface area contributed by atoms with Crippen LogP contribution in [0, 0.1) is 0 Å². The maximum atomic E-state index is 6.06. The first-order valence-electron chi connectivity index (χ1n) is 6.31. The van der Waals surface area contributed by atoms with Crippen molar-refractivity contribution in [3.63, 3.8) is 0 Å². The minimum absolute atomic E-state index is 0.247. The number of nitrogens with zero attached hydrogens (tertiary/aromatic N) is 1. The lowest BCUT2D eigenvalue weighted by molar-refractivity contribution is 0.0784. The molecule has 2 rings (SSSR count). The maximum Gasteiger partial charge on any atom is 0.0724 e. The van der Waals surface area contributed by atoms with Gasteiger partial charge < -0.3 is 10.5 Å². The molecule has 0 aliphatic rings. The third kappa shape index (κ3) is 3.06. The van der Waals surface area contributed by atoms with Gasteiger partial charge in [0.05, 0.1) is 18.7 Å². The number of nitrogens with two attached hydrogens (primary N) is 1. The summed E-state index contributed by atoms with van der Waals surface area (Å²) in [4.78, 5) is 4.33. The third-order valence-electron chi connectivity index (χ3n) is 3.24. The molecule has 1 heterocycles. The molecule has 3 nitrogen and oxygen atoms in total. The van der Waals surface area contributed by atoms with Gasteiger partial charge in [0.2, 0.25) is 0 Å². The van der Waals surface area contributed by atoms with Gasteiger partial charge in [-0.15, -0.1) is 0 Å². The average Bonchev–Trinajstić information content (AvgIpc) is 2.39. The lowest BCUT2D eigenvalue weighted by Gasteiger charge is -2.22. The highest BCUT2D eigenvalue weighted by Gasteiger charge is 2.15. The fraction of sp³-hybridized carbons (Fsp3) is 0.400. The molecule has 18 heavy (non-hydrogen) atoms. The molecule has 0 radical (unpaired) electrons. The topological polar surface area (TPSA) is 48.1 Å². The summed E-state index contributed by atoms with van der Waals surface area (Å²) in [5, 5.41) is 1.15. The largest absolute Gasteiger partial charge is 0.375 e.